The van der Waals surface area contributed by atoms with Gasteiger partial charge in [-0.25, -0.2) is 4.39 Å². The molecule has 1 N–H and O–H groups in total. The van der Waals surface area contributed by atoms with E-state index < -0.39 is 0 Å². The third-order valence-electron chi connectivity index (χ3n) is 2.06. The summed E-state index contributed by atoms with van der Waals surface area (Å²) in [4.78, 5) is 13.0. The Kier molecular flexibility index (Phi) is 6.69. The summed E-state index contributed by atoms with van der Waals surface area (Å²) in [5.74, 6) is -0.288. The number of carbonyl (C=O) groups is 1. The van der Waals surface area contributed by atoms with E-state index in [4.69, 9.17) is 0 Å². The summed E-state index contributed by atoms with van der Waals surface area (Å²) in [6, 6.07) is 6.26. The van der Waals surface area contributed by atoms with Gasteiger partial charge in [-0.2, -0.15) is 0 Å². The summed E-state index contributed by atoms with van der Waals surface area (Å²) in [5, 5.41) is 2.78. The quantitative estimate of drug-likeness (QED) is 0.872. The van der Waals surface area contributed by atoms with Crippen LogP contribution < -0.4 is 5.32 Å². The number of nitrogens with one attached hydrogen (secondary N) is 1. The number of benzene rings is 1. The summed E-state index contributed by atoms with van der Waals surface area (Å²) < 4.78 is 12.9. The predicted octanol–water partition coefficient (Wildman–Crippen LogP) is 1.43. The van der Waals surface area contributed by atoms with E-state index in [0.29, 0.717) is 13.1 Å². The van der Waals surface area contributed by atoms with E-state index >= 15 is 0 Å². The van der Waals surface area contributed by atoms with Crippen molar-refractivity contribution in [3.05, 3.63) is 35.6 Å². The summed E-state index contributed by atoms with van der Waals surface area (Å²) in [6.07, 6.45) is 0. The van der Waals surface area contributed by atoms with E-state index in [1.807, 2.05) is 0 Å². The number of hydrogen-bond donors (Lipinski definition) is 1. The number of carbonyl (C=O) groups excluding carboxylic acids is 1. The fourth-order valence-electron chi connectivity index (χ4n) is 1.28. The van der Waals surface area contributed by atoms with Gasteiger partial charge in [0.25, 0.3) is 0 Å². The molecule has 0 aromatic heterocycles. The first-order chi connectivity index (χ1) is 7.13. The molecule has 5 heteroatoms. The van der Waals surface area contributed by atoms with E-state index in [1.54, 1.807) is 31.1 Å². The van der Waals surface area contributed by atoms with E-state index in [0.717, 1.165) is 5.56 Å². The fraction of sp³-hybridized carbons (Fsp3) is 0.364. The summed E-state index contributed by atoms with van der Waals surface area (Å²) >= 11 is 0. The maximum Gasteiger partial charge on any atom is 0.236 e. The largest absolute Gasteiger partial charge is 0.340 e. The van der Waals surface area contributed by atoms with E-state index in [-0.39, 0.29) is 24.1 Å². The molecule has 0 heterocycles. The fourth-order valence-corrected chi connectivity index (χ4v) is 1.28. The van der Waals surface area contributed by atoms with Crippen molar-refractivity contribution in [2.45, 2.75) is 6.54 Å². The zero-order valence-corrected chi connectivity index (χ0v) is 10.2. The Morgan fingerprint density at radius 2 is 2.19 bits per heavy atom. The van der Waals surface area contributed by atoms with Crippen LogP contribution in [0.15, 0.2) is 24.3 Å². The van der Waals surface area contributed by atoms with Crippen LogP contribution in [0.4, 0.5) is 4.39 Å². The number of rotatable bonds is 4. The van der Waals surface area contributed by atoms with Crippen molar-refractivity contribution in [2.24, 2.45) is 0 Å². The van der Waals surface area contributed by atoms with Crippen LogP contribution in [-0.4, -0.2) is 31.4 Å². The van der Waals surface area contributed by atoms with Crippen molar-refractivity contribution in [2.75, 3.05) is 20.6 Å². The number of hydrogen-bond acceptors (Lipinski definition) is 2. The lowest BCUT2D eigenvalue weighted by Gasteiger charge is -2.16. The second-order valence-electron chi connectivity index (χ2n) is 3.41. The van der Waals surface area contributed by atoms with Gasteiger partial charge in [-0.15, -0.1) is 12.4 Å². The Labute approximate surface area is 101 Å². The molecule has 90 valence electrons. The third kappa shape index (κ3) is 4.59. The number of nitrogens with zero attached hydrogens (tertiary/aromatic N) is 1. The molecule has 0 bridgehead atoms. The summed E-state index contributed by atoms with van der Waals surface area (Å²) in [5.41, 5.74) is 0.793. The molecule has 0 unspecified atom stereocenters. The average molecular weight is 247 g/mol. The van der Waals surface area contributed by atoms with E-state index in [2.05, 4.69) is 5.32 Å². The van der Waals surface area contributed by atoms with Gasteiger partial charge in [0.15, 0.2) is 0 Å². The van der Waals surface area contributed by atoms with Crippen molar-refractivity contribution in [3.63, 3.8) is 0 Å². The van der Waals surface area contributed by atoms with Gasteiger partial charge in [0.05, 0.1) is 6.54 Å². The van der Waals surface area contributed by atoms with E-state index in [1.165, 1.54) is 12.1 Å². The molecule has 1 rings (SSSR count). The molecule has 0 fully saturated rings. The Morgan fingerprint density at radius 1 is 1.50 bits per heavy atom. The summed E-state index contributed by atoms with van der Waals surface area (Å²) in [6.45, 7) is 0.726. The van der Waals surface area contributed by atoms with Gasteiger partial charge in [-0.1, -0.05) is 12.1 Å². The van der Waals surface area contributed by atoms with E-state index in [9.17, 15) is 9.18 Å². The zero-order valence-electron chi connectivity index (χ0n) is 9.37. The molecule has 0 aliphatic rings. The van der Waals surface area contributed by atoms with Crippen LogP contribution in [0.3, 0.4) is 0 Å². The second kappa shape index (κ2) is 7.19. The molecule has 1 aromatic carbocycles. The maximum absolute atomic E-state index is 12.9. The van der Waals surface area contributed by atoms with Gasteiger partial charge >= 0.3 is 0 Å². The monoisotopic (exact) mass is 246 g/mol. The van der Waals surface area contributed by atoms with Gasteiger partial charge in [0, 0.05) is 13.6 Å². The van der Waals surface area contributed by atoms with Gasteiger partial charge in [-0.3, -0.25) is 4.79 Å². The molecule has 0 saturated heterocycles. The van der Waals surface area contributed by atoms with Crippen molar-refractivity contribution in [1.29, 1.82) is 0 Å². The molecule has 16 heavy (non-hydrogen) atoms. The normalized spacial score (nSPS) is 9.44. The Bertz CT molecular complexity index is 347. The van der Waals surface area contributed by atoms with Crippen LogP contribution in [0.2, 0.25) is 0 Å². The first-order valence-electron chi connectivity index (χ1n) is 4.76. The van der Waals surface area contributed by atoms with Gasteiger partial charge < -0.3 is 10.2 Å². The molecule has 3 nitrogen and oxygen atoms in total. The van der Waals surface area contributed by atoms with Gasteiger partial charge in [0.1, 0.15) is 5.82 Å². The minimum Gasteiger partial charge on any atom is -0.340 e. The van der Waals surface area contributed by atoms with Crippen LogP contribution in [0.25, 0.3) is 0 Å². The Morgan fingerprint density at radius 3 is 2.75 bits per heavy atom. The van der Waals surface area contributed by atoms with Crippen LogP contribution in [0, 0.1) is 5.82 Å². The highest BCUT2D eigenvalue weighted by Gasteiger charge is 2.07. The molecule has 1 aromatic rings. The number of halogens is 2. The van der Waals surface area contributed by atoms with Crippen molar-refractivity contribution < 1.29 is 9.18 Å². The van der Waals surface area contributed by atoms with Crippen molar-refractivity contribution in [3.8, 4) is 0 Å². The molecule has 0 spiro atoms. The third-order valence-corrected chi connectivity index (χ3v) is 2.06. The first kappa shape index (κ1) is 14.9. The number of amides is 1. The molecule has 0 aliphatic heterocycles. The minimum absolute atomic E-state index is 0. The molecule has 1 amide bonds. The highest BCUT2D eigenvalue weighted by atomic mass is 35.5. The summed E-state index contributed by atoms with van der Waals surface area (Å²) in [7, 11) is 3.42. The first-order valence-corrected chi connectivity index (χ1v) is 4.76. The van der Waals surface area contributed by atoms with Crippen molar-refractivity contribution in [1.82, 2.24) is 10.2 Å². The molecule has 0 saturated carbocycles. The zero-order chi connectivity index (χ0) is 11.3. The van der Waals surface area contributed by atoms with Crippen LogP contribution >= 0.6 is 12.4 Å². The molecule has 0 aliphatic carbocycles. The predicted molar refractivity (Wildman–Crippen MR) is 64.0 cm³/mol. The van der Waals surface area contributed by atoms with Crippen molar-refractivity contribution >= 4 is 18.3 Å². The lowest BCUT2D eigenvalue weighted by Crippen LogP contribution is -2.33. The smallest absolute Gasteiger partial charge is 0.236 e. The molecule has 0 radical (unpaired) electrons. The SMILES string of the molecule is CNCC(=O)N(C)Cc1cccc(F)c1.Cl. The highest BCUT2D eigenvalue weighted by molar-refractivity contribution is 5.85. The van der Waals surface area contributed by atoms with Crippen LogP contribution in [0.1, 0.15) is 5.56 Å². The van der Waals surface area contributed by atoms with Gasteiger partial charge in [0.2, 0.25) is 5.91 Å². The van der Waals surface area contributed by atoms with Crippen LogP contribution in [0.5, 0.6) is 0 Å². The Balaban J connectivity index is 0.00000225. The highest BCUT2D eigenvalue weighted by Crippen LogP contribution is 2.05. The minimum atomic E-state index is -0.276. The number of likely N-dealkylation sites (N-methyl/N-ethyl adjacent to an activating group) is 2. The van der Waals surface area contributed by atoms with Crippen LogP contribution in [-0.2, 0) is 11.3 Å². The van der Waals surface area contributed by atoms with Gasteiger partial charge in [-0.05, 0) is 24.7 Å². The lowest BCUT2D eigenvalue weighted by molar-refractivity contribution is -0.129. The Hall–Kier alpha value is -1.13. The molecular formula is C11H16ClFN2O. The standard InChI is InChI=1S/C11H15FN2O.ClH/c1-13-7-11(15)14(2)8-9-4-3-5-10(12)6-9;/h3-6,13H,7-8H2,1-2H3;1H. The second-order valence-corrected chi connectivity index (χ2v) is 3.41. The molecular weight excluding hydrogens is 231 g/mol. The average Bonchev–Trinajstić information content (AvgIpc) is 2.18. The molecule has 0 atom stereocenters. The topological polar surface area (TPSA) is 32.3 Å². The lowest BCUT2D eigenvalue weighted by atomic mass is 10.2. The maximum atomic E-state index is 12.9.